The fourth-order valence-electron chi connectivity index (χ4n) is 3.86. The van der Waals surface area contributed by atoms with Crippen LogP contribution in [0.3, 0.4) is 0 Å². The van der Waals surface area contributed by atoms with E-state index in [4.69, 9.17) is 39.5 Å². The molecule has 0 bridgehead atoms. The maximum atomic E-state index is 13.4. The van der Waals surface area contributed by atoms with Crippen LogP contribution in [0.15, 0.2) is 95.5 Å². The number of aryl methyl sites for hydroxylation is 1. The van der Waals surface area contributed by atoms with Gasteiger partial charge in [0.25, 0.3) is 11.8 Å². The third-order valence-corrected chi connectivity index (χ3v) is 8.09. The molecule has 0 unspecified atom stereocenters. The van der Waals surface area contributed by atoms with Gasteiger partial charge in [-0.15, -0.1) is 11.8 Å². The van der Waals surface area contributed by atoms with E-state index in [1.165, 1.54) is 24.9 Å². The molecule has 0 fully saturated rings. The second-order valence-corrected chi connectivity index (χ2v) is 11.4. The van der Waals surface area contributed by atoms with Crippen LogP contribution < -0.4 is 20.7 Å². The van der Waals surface area contributed by atoms with Crippen molar-refractivity contribution in [3.05, 3.63) is 122 Å². The van der Waals surface area contributed by atoms with Crippen molar-refractivity contribution >= 4 is 81.7 Å². The Balaban J connectivity index is 1.48. The van der Waals surface area contributed by atoms with E-state index in [-0.39, 0.29) is 17.4 Å². The average Bonchev–Trinajstić information content (AvgIpc) is 2.99. The molecule has 4 aromatic carbocycles. The zero-order valence-electron chi connectivity index (χ0n) is 23.0. The highest BCUT2D eigenvalue weighted by Gasteiger charge is 2.17. The van der Waals surface area contributed by atoms with Crippen LogP contribution in [-0.2, 0) is 9.59 Å². The van der Waals surface area contributed by atoms with Gasteiger partial charge in [0.2, 0.25) is 5.91 Å². The molecule has 220 valence electrons. The molecule has 0 heterocycles. The second kappa shape index (κ2) is 15.0. The van der Waals surface area contributed by atoms with Crippen molar-refractivity contribution in [1.82, 2.24) is 5.32 Å². The van der Waals surface area contributed by atoms with E-state index in [1.54, 1.807) is 78.9 Å². The fraction of sp³-hybridized carbons (Fsp3) is 0.0938. The van der Waals surface area contributed by atoms with Crippen LogP contribution in [-0.4, -0.2) is 30.6 Å². The lowest BCUT2D eigenvalue weighted by Crippen LogP contribution is -2.30. The summed E-state index contributed by atoms with van der Waals surface area (Å²) in [7, 11) is 1.50. The second-order valence-electron chi connectivity index (χ2n) is 9.13. The van der Waals surface area contributed by atoms with Gasteiger partial charge in [-0.05, 0) is 67.1 Å². The summed E-state index contributed by atoms with van der Waals surface area (Å²) in [5.74, 6) is -0.755. The molecule has 11 heteroatoms. The number of ether oxygens (including phenoxy) is 1. The SMILES string of the molecule is COc1cc(Cl)c(C)cc1NC(=O)CSc1cccc(NC(=O)/C(=C\c2c(Cl)cccc2Cl)NC(=O)c2ccccc2)c1. The maximum Gasteiger partial charge on any atom is 0.272 e. The van der Waals surface area contributed by atoms with Gasteiger partial charge in [0.05, 0.1) is 18.6 Å². The predicted octanol–water partition coefficient (Wildman–Crippen LogP) is 8.10. The first-order chi connectivity index (χ1) is 20.6. The third kappa shape index (κ3) is 8.78. The molecular weight excluding hydrogens is 629 g/mol. The summed E-state index contributed by atoms with van der Waals surface area (Å²) in [5, 5.41) is 9.48. The van der Waals surface area contributed by atoms with Crippen molar-refractivity contribution in [1.29, 1.82) is 0 Å². The number of rotatable bonds is 10. The molecule has 0 aliphatic heterocycles. The Bertz CT molecular complexity index is 1680. The highest BCUT2D eigenvalue weighted by atomic mass is 35.5. The molecule has 0 saturated carbocycles. The molecule has 0 radical (unpaired) electrons. The minimum absolute atomic E-state index is 0.0616. The summed E-state index contributed by atoms with van der Waals surface area (Å²) >= 11 is 20.1. The van der Waals surface area contributed by atoms with Crippen LogP contribution in [0.4, 0.5) is 11.4 Å². The molecule has 4 rings (SSSR count). The number of benzene rings is 4. The molecule has 43 heavy (non-hydrogen) atoms. The maximum absolute atomic E-state index is 13.4. The minimum atomic E-state index is -0.592. The monoisotopic (exact) mass is 653 g/mol. The average molecular weight is 655 g/mol. The van der Waals surface area contributed by atoms with Crippen LogP contribution >= 0.6 is 46.6 Å². The van der Waals surface area contributed by atoms with Gasteiger partial charge in [0.15, 0.2) is 0 Å². The van der Waals surface area contributed by atoms with Crippen LogP contribution in [0.2, 0.25) is 15.1 Å². The first-order valence-electron chi connectivity index (χ1n) is 12.8. The summed E-state index contributed by atoms with van der Waals surface area (Å²) in [5.41, 5.74) is 2.47. The number of methoxy groups -OCH3 is 1. The van der Waals surface area contributed by atoms with Crippen LogP contribution in [0.5, 0.6) is 5.75 Å². The van der Waals surface area contributed by atoms with E-state index >= 15 is 0 Å². The first kappa shape index (κ1) is 32.0. The van der Waals surface area contributed by atoms with Gasteiger partial charge in [-0.1, -0.05) is 65.1 Å². The summed E-state index contributed by atoms with van der Waals surface area (Å²) < 4.78 is 5.32. The van der Waals surface area contributed by atoms with Gasteiger partial charge in [-0.3, -0.25) is 14.4 Å². The lowest BCUT2D eigenvalue weighted by atomic mass is 10.1. The van der Waals surface area contributed by atoms with Crippen LogP contribution in [0, 0.1) is 6.92 Å². The lowest BCUT2D eigenvalue weighted by Gasteiger charge is -2.13. The van der Waals surface area contributed by atoms with Gasteiger partial charge in [-0.25, -0.2) is 0 Å². The van der Waals surface area contributed by atoms with Crippen molar-refractivity contribution in [3.8, 4) is 5.75 Å². The first-order valence-corrected chi connectivity index (χ1v) is 15.0. The molecule has 0 saturated heterocycles. The van der Waals surface area contributed by atoms with Gasteiger partial charge >= 0.3 is 0 Å². The number of thioether (sulfide) groups is 1. The molecule has 4 aromatic rings. The smallest absolute Gasteiger partial charge is 0.272 e. The number of amides is 3. The van der Waals surface area contributed by atoms with E-state index in [0.717, 1.165) is 10.5 Å². The van der Waals surface area contributed by atoms with Crippen LogP contribution in [0.1, 0.15) is 21.5 Å². The highest BCUT2D eigenvalue weighted by Crippen LogP contribution is 2.32. The Morgan fingerprint density at radius 3 is 2.23 bits per heavy atom. The topological polar surface area (TPSA) is 96.5 Å². The van der Waals surface area contributed by atoms with Gasteiger partial charge in [-0.2, -0.15) is 0 Å². The number of hydrogen-bond acceptors (Lipinski definition) is 5. The number of carbonyl (C=O) groups excluding carboxylic acids is 3. The number of halogens is 3. The standard InChI is InChI=1S/C32H26Cl3N3O4S/c1-19-14-27(29(42-2)17-26(19)35)37-30(39)18-43-22-11-6-10-21(15-22)36-32(41)28(16-23-24(33)12-7-13-25(23)34)38-31(40)20-8-4-3-5-9-20/h3-17H,18H2,1-2H3,(H,36,41)(H,37,39)(H,38,40)/b28-16+. The number of hydrogen-bond donors (Lipinski definition) is 3. The summed E-state index contributed by atoms with van der Waals surface area (Å²) in [4.78, 5) is 39.8. The van der Waals surface area contributed by atoms with E-state index in [2.05, 4.69) is 16.0 Å². The number of carbonyl (C=O) groups is 3. The van der Waals surface area contributed by atoms with Crippen molar-refractivity contribution in [2.24, 2.45) is 0 Å². The summed E-state index contributed by atoms with van der Waals surface area (Å²) in [6, 6.07) is 23.8. The normalized spacial score (nSPS) is 11.0. The number of anilines is 2. The van der Waals surface area contributed by atoms with Gasteiger partial charge in [0, 0.05) is 42.8 Å². The lowest BCUT2D eigenvalue weighted by molar-refractivity contribution is -0.114. The van der Waals surface area contributed by atoms with Gasteiger partial charge < -0.3 is 20.7 Å². The highest BCUT2D eigenvalue weighted by molar-refractivity contribution is 8.00. The molecule has 0 atom stereocenters. The van der Waals surface area contributed by atoms with Crippen molar-refractivity contribution < 1.29 is 19.1 Å². The molecular formula is C32H26Cl3N3O4S. The molecule has 3 N–H and O–H groups in total. The fourth-order valence-corrected chi connectivity index (χ4v) is 5.28. The van der Waals surface area contributed by atoms with Gasteiger partial charge in [0.1, 0.15) is 11.4 Å². The van der Waals surface area contributed by atoms with E-state index in [9.17, 15) is 14.4 Å². The predicted molar refractivity (Wildman–Crippen MR) is 176 cm³/mol. The Hall–Kier alpha value is -3.95. The summed E-state index contributed by atoms with van der Waals surface area (Å²) in [6.07, 6.45) is 1.43. The van der Waals surface area contributed by atoms with Crippen molar-refractivity contribution in [2.75, 3.05) is 23.5 Å². The molecule has 3 amide bonds. The molecule has 0 aliphatic rings. The molecule has 0 spiro atoms. The molecule has 0 aromatic heterocycles. The van der Waals surface area contributed by atoms with Crippen molar-refractivity contribution in [3.63, 3.8) is 0 Å². The van der Waals surface area contributed by atoms with Crippen LogP contribution in [0.25, 0.3) is 6.08 Å². The van der Waals surface area contributed by atoms with E-state index in [1.807, 2.05) is 13.0 Å². The Morgan fingerprint density at radius 1 is 0.837 bits per heavy atom. The third-order valence-electron chi connectivity index (χ3n) is 6.03. The van der Waals surface area contributed by atoms with Crippen molar-refractivity contribution in [2.45, 2.75) is 11.8 Å². The Morgan fingerprint density at radius 2 is 1.53 bits per heavy atom. The Kier molecular flexibility index (Phi) is 11.1. The number of nitrogens with one attached hydrogen (secondary N) is 3. The Labute approximate surface area is 268 Å². The zero-order chi connectivity index (χ0) is 30.9. The molecule has 7 nitrogen and oxygen atoms in total. The minimum Gasteiger partial charge on any atom is -0.495 e. The largest absolute Gasteiger partial charge is 0.495 e. The van der Waals surface area contributed by atoms with E-state index < -0.39 is 11.8 Å². The zero-order valence-corrected chi connectivity index (χ0v) is 26.1. The quantitative estimate of drug-likeness (QED) is 0.119. The molecule has 0 aliphatic carbocycles. The summed E-state index contributed by atoms with van der Waals surface area (Å²) in [6.45, 7) is 1.84. The van der Waals surface area contributed by atoms with E-state index in [0.29, 0.717) is 43.3 Å².